The number of methoxy groups -OCH3 is 1. The van der Waals surface area contributed by atoms with E-state index in [2.05, 4.69) is 24.3 Å². The summed E-state index contributed by atoms with van der Waals surface area (Å²) < 4.78 is 5.26. The zero-order valence-corrected chi connectivity index (χ0v) is 7.23. The van der Waals surface area contributed by atoms with Crippen LogP contribution in [0.15, 0.2) is 29.2 Å². The molecule has 1 aromatic carbocycles. The van der Waals surface area contributed by atoms with Gasteiger partial charge in [0.25, 0.3) is 0 Å². The predicted molar refractivity (Wildman–Crippen MR) is 46.8 cm³/mol. The molecule has 2 rings (SSSR count). The third-order valence-electron chi connectivity index (χ3n) is 1.88. The minimum absolute atomic E-state index is 0.340. The van der Waals surface area contributed by atoms with E-state index in [1.54, 1.807) is 7.11 Å². The predicted octanol–water partition coefficient (Wildman–Crippen LogP) is 2.31. The molecular weight excluding hydrogens is 156 g/mol. The van der Waals surface area contributed by atoms with Crippen LogP contribution in [0.4, 0.5) is 0 Å². The lowest BCUT2D eigenvalue weighted by atomic mass is 10.2. The van der Waals surface area contributed by atoms with Gasteiger partial charge in [-0.15, -0.1) is 0 Å². The molecule has 2 heteroatoms. The molecular formula is C9H10OS. The largest absolute Gasteiger partial charge is 0.370 e. The van der Waals surface area contributed by atoms with E-state index in [9.17, 15) is 0 Å². The second-order valence-corrected chi connectivity index (χ2v) is 3.80. The van der Waals surface area contributed by atoms with Gasteiger partial charge in [0, 0.05) is 18.4 Å². The summed E-state index contributed by atoms with van der Waals surface area (Å²) in [6.45, 7) is 0. The first-order valence-electron chi connectivity index (χ1n) is 3.67. The van der Waals surface area contributed by atoms with Crippen LogP contribution in [0.1, 0.15) is 5.56 Å². The summed E-state index contributed by atoms with van der Waals surface area (Å²) in [5, 5.41) is 0. The lowest BCUT2D eigenvalue weighted by molar-refractivity contribution is 0.176. The second-order valence-electron chi connectivity index (χ2n) is 2.59. The van der Waals surface area contributed by atoms with Crippen LogP contribution < -0.4 is 0 Å². The van der Waals surface area contributed by atoms with Gasteiger partial charge in [0.05, 0.1) is 0 Å². The van der Waals surface area contributed by atoms with Crippen LogP contribution in [0.25, 0.3) is 0 Å². The van der Waals surface area contributed by atoms with E-state index < -0.39 is 0 Å². The van der Waals surface area contributed by atoms with E-state index in [-0.39, 0.29) is 0 Å². The fraction of sp³-hybridized carbons (Fsp3) is 0.333. The molecule has 1 aliphatic heterocycles. The third-order valence-corrected chi connectivity index (χ3v) is 3.15. The van der Waals surface area contributed by atoms with Crippen molar-refractivity contribution in [3.8, 4) is 0 Å². The summed E-state index contributed by atoms with van der Waals surface area (Å²) in [5.74, 6) is 0. The molecule has 0 saturated carbocycles. The van der Waals surface area contributed by atoms with Crippen molar-refractivity contribution >= 4 is 11.8 Å². The quantitative estimate of drug-likeness (QED) is 0.633. The summed E-state index contributed by atoms with van der Waals surface area (Å²) in [6, 6.07) is 8.47. The zero-order valence-electron chi connectivity index (χ0n) is 6.41. The first-order chi connectivity index (χ1) is 5.40. The second kappa shape index (κ2) is 2.88. The van der Waals surface area contributed by atoms with Gasteiger partial charge in [0.1, 0.15) is 5.44 Å². The minimum atomic E-state index is 0.340. The Hall–Kier alpha value is -0.470. The molecule has 1 nitrogen and oxygen atoms in total. The molecule has 0 spiro atoms. The van der Waals surface area contributed by atoms with E-state index in [4.69, 9.17) is 4.74 Å². The summed E-state index contributed by atoms with van der Waals surface area (Å²) in [7, 11) is 1.77. The van der Waals surface area contributed by atoms with Crippen LogP contribution in [-0.4, -0.2) is 12.5 Å². The average Bonchev–Trinajstić information content (AvgIpc) is 2.46. The van der Waals surface area contributed by atoms with Crippen molar-refractivity contribution in [2.75, 3.05) is 7.11 Å². The van der Waals surface area contributed by atoms with Crippen molar-refractivity contribution in [2.24, 2.45) is 0 Å². The van der Waals surface area contributed by atoms with Gasteiger partial charge in [-0.1, -0.05) is 30.0 Å². The molecule has 0 bridgehead atoms. The van der Waals surface area contributed by atoms with E-state index in [0.29, 0.717) is 5.44 Å². The van der Waals surface area contributed by atoms with Gasteiger partial charge in [-0.3, -0.25) is 0 Å². The minimum Gasteiger partial charge on any atom is -0.370 e. The number of rotatable bonds is 1. The zero-order chi connectivity index (χ0) is 7.68. The summed E-state index contributed by atoms with van der Waals surface area (Å²) >= 11 is 1.81. The molecule has 1 unspecified atom stereocenters. The molecule has 0 aliphatic carbocycles. The van der Waals surface area contributed by atoms with Crippen molar-refractivity contribution in [2.45, 2.75) is 16.8 Å². The Morgan fingerprint density at radius 3 is 3.00 bits per heavy atom. The standard InChI is InChI=1S/C9H10OS/c1-10-9-6-7-4-2-3-5-8(7)11-9/h2-5,9H,6H2,1H3. The maximum atomic E-state index is 5.26. The van der Waals surface area contributed by atoms with Gasteiger partial charge < -0.3 is 4.74 Å². The Morgan fingerprint density at radius 1 is 1.45 bits per heavy atom. The van der Waals surface area contributed by atoms with E-state index in [1.165, 1.54) is 10.5 Å². The Morgan fingerprint density at radius 2 is 2.27 bits per heavy atom. The van der Waals surface area contributed by atoms with E-state index in [0.717, 1.165) is 6.42 Å². The van der Waals surface area contributed by atoms with Gasteiger partial charge in [0.2, 0.25) is 0 Å². The molecule has 1 aliphatic rings. The molecule has 0 fully saturated rings. The number of hydrogen-bond acceptors (Lipinski definition) is 2. The highest BCUT2D eigenvalue weighted by molar-refractivity contribution is 8.00. The fourth-order valence-electron chi connectivity index (χ4n) is 1.28. The van der Waals surface area contributed by atoms with Crippen molar-refractivity contribution in [1.29, 1.82) is 0 Å². The van der Waals surface area contributed by atoms with Crippen LogP contribution in [0.5, 0.6) is 0 Å². The number of thioether (sulfide) groups is 1. The smallest absolute Gasteiger partial charge is 0.111 e. The van der Waals surface area contributed by atoms with Crippen LogP contribution in [0.3, 0.4) is 0 Å². The summed E-state index contributed by atoms with van der Waals surface area (Å²) in [6.07, 6.45) is 1.05. The normalized spacial score (nSPS) is 21.7. The topological polar surface area (TPSA) is 9.23 Å². The molecule has 11 heavy (non-hydrogen) atoms. The summed E-state index contributed by atoms with van der Waals surface area (Å²) in [4.78, 5) is 1.37. The van der Waals surface area contributed by atoms with E-state index in [1.807, 2.05) is 11.8 Å². The fourth-order valence-corrected chi connectivity index (χ4v) is 2.38. The molecule has 0 N–H and O–H groups in total. The number of hydrogen-bond donors (Lipinski definition) is 0. The van der Waals surface area contributed by atoms with Crippen LogP contribution in [-0.2, 0) is 11.2 Å². The molecule has 0 amide bonds. The Bertz CT molecular complexity index is 234. The van der Waals surface area contributed by atoms with Crippen molar-refractivity contribution in [1.82, 2.24) is 0 Å². The highest BCUT2D eigenvalue weighted by atomic mass is 32.2. The highest BCUT2D eigenvalue weighted by Gasteiger charge is 2.20. The third kappa shape index (κ3) is 1.28. The number of benzene rings is 1. The molecule has 0 saturated heterocycles. The molecule has 0 aromatic heterocycles. The van der Waals surface area contributed by atoms with Crippen molar-refractivity contribution in [3.63, 3.8) is 0 Å². The van der Waals surface area contributed by atoms with Crippen molar-refractivity contribution in [3.05, 3.63) is 29.8 Å². The van der Waals surface area contributed by atoms with E-state index >= 15 is 0 Å². The Balaban J connectivity index is 2.27. The monoisotopic (exact) mass is 166 g/mol. The Kier molecular flexibility index (Phi) is 1.88. The lowest BCUT2D eigenvalue weighted by Gasteiger charge is -2.02. The van der Waals surface area contributed by atoms with Crippen LogP contribution in [0, 0.1) is 0 Å². The van der Waals surface area contributed by atoms with Gasteiger partial charge in [-0.2, -0.15) is 0 Å². The van der Waals surface area contributed by atoms with Crippen LogP contribution in [0.2, 0.25) is 0 Å². The van der Waals surface area contributed by atoms with Crippen LogP contribution >= 0.6 is 11.8 Å². The van der Waals surface area contributed by atoms with Gasteiger partial charge >= 0.3 is 0 Å². The first-order valence-corrected chi connectivity index (χ1v) is 4.55. The SMILES string of the molecule is COC1Cc2ccccc2S1. The molecule has 1 atom stereocenters. The summed E-state index contributed by atoms with van der Waals surface area (Å²) in [5.41, 5.74) is 1.76. The number of fused-ring (bicyclic) bond motifs is 1. The van der Waals surface area contributed by atoms with Crippen molar-refractivity contribution < 1.29 is 4.74 Å². The first kappa shape index (κ1) is 7.19. The van der Waals surface area contributed by atoms with Gasteiger partial charge in [-0.05, 0) is 11.6 Å². The maximum Gasteiger partial charge on any atom is 0.111 e. The molecule has 58 valence electrons. The number of ether oxygens (including phenoxy) is 1. The molecule has 1 aromatic rings. The molecule has 1 heterocycles. The molecule has 0 radical (unpaired) electrons. The average molecular weight is 166 g/mol. The van der Waals surface area contributed by atoms with Gasteiger partial charge in [-0.25, -0.2) is 0 Å². The lowest BCUT2D eigenvalue weighted by Crippen LogP contribution is -2.01. The maximum absolute atomic E-state index is 5.26. The Labute approximate surface area is 70.8 Å². The highest BCUT2D eigenvalue weighted by Crippen LogP contribution is 2.36. The van der Waals surface area contributed by atoms with Gasteiger partial charge in [0.15, 0.2) is 0 Å².